The van der Waals surface area contributed by atoms with Crippen LogP contribution >= 0.6 is 8.03 Å². The van der Waals surface area contributed by atoms with E-state index in [0.29, 0.717) is 0 Å². The molecule has 0 saturated heterocycles. The molecular formula is C23H31FO5P+. The molecule has 5 nitrogen and oxygen atoms in total. The first-order valence-electron chi connectivity index (χ1n) is 10.0. The number of aliphatic hydroxyl groups excluding tert-OH is 1. The van der Waals surface area contributed by atoms with Gasteiger partial charge in [0.2, 0.25) is 6.16 Å². The fourth-order valence-electron chi connectivity index (χ4n) is 4.17. The van der Waals surface area contributed by atoms with E-state index in [4.69, 9.17) is 9.63 Å². The van der Waals surface area contributed by atoms with Gasteiger partial charge in [-0.15, -0.1) is 4.52 Å². The van der Waals surface area contributed by atoms with Gasteiger partial charge in [-0.1, -0.05) is 45.9 Å². The van der Waals surface area contributed by atoms with Gasteiger partial charge >= 0.3 is 14.0 Å². The van der Waals surface area contributed by atoms with Crippen LogP contribution in [0.5, 0.6) is 0 Å². The summed E-state index contributed by atoms with van der Waals surface area (Å²) in [5, 5.41) is 18.4. The van der Waals surface area contributed by atoms with E-state index >= 15 is 0 Å². The Morgan fingerprint density at radius 3 is 2.47 bits per heavy atom. The maximum atomic E-state index is 13.3. The molecule has 0 aliphatic heterocycles. The van der Waals surface area contributed by atoms with Crippen LogP contribution in [0.3, 0.4) is 0 Å². The molecule has 2 rings (SSSR count). The monoisotopic (exact) mass is 437 g/mol. The summed E-state index contributed by atoms with van der Waals surface area (Å²) in [6, 6.07) is 6.12. The van der Waals surface area contributed by atoms with E-state index in [0.717, 1.165) is 29.6 Å². The Kier molecular flexibility index (Phi) is 8.09. The van der Waals surface area contributed by atoms with Gasteiger partial charge < -0.3 is 10.2 Å². The molecule has 0 amide bonds. The Morgan fingerprint density at radius 1 is 1.27 bits per heavy atom. The summed E-state index contributed by atoms with van der Waals surface area (Å²) in [4.78, 5) is 10.7. The van der Waals surface area contributed by atoms with Crippen molar-refractivity contribution in [2.45, 2.75) is 53.1 Å². The van der Waals surface area contributed by atoms with Crippen molar-refractivity contribution in [3.05, 3.63) is 52.9 Å². The van der Waals surface area contributed by atoms with Crippen molar-refractivity contribution in [3.63, 3.8) is 0 Å². The third kappa shape index (κ3) is 7.42. The molecule has 0 bridgehead atoms. The fourth-order valence-corrected chi connectivity index (χ4v) is 5.04. The molecule has 0 aromatic heterocycles. The summed E-state index contributed by atoms with van der Waals surface area (Å²) in [6.45, 7) is 8.83. The number of allylic oxidation sites excluding steroid dienone is 1. The van der Waals surface area contributed by atoms with Crippen LogP contribution in [-0.4, -0.2) is 35.1 Å². The number of rotatable bonds is 9. The number of aliphatic carboxylic acids is 1. The number of benzene rings is 1. The van der Waals surface area contributed by atoms with Crippen molar-refractivity contribution in [3.8, 4) is 0 Å². The summed E-state index contributed by atoms with van der Waals surface area (Å²) in [5.74, 6) is -1.47. The second-order valence-electron chi connectivity index (χ2n) is 9.31. The molecule has 2 N–H and O–H groups in total. The number of hydrogen-bond acceptors (Lipinski definition) is 4. The van der Waals surface area contributed by atoms with E-state index < -0.39 is 26.5 Å². The lowest BCUT2D eigenvalue weighted by atomic mass is 9.63. The van der Waals surface area contributed by atoms with E-state index in [2.05, 4.69) is 33.8 Å². The average molecular weight is 437 g/mol. The minimum atomic E-state index is -2.23. The molecule has 1 aromatic carbocycles. The standard InChI is InChI=1S/C23H30FO5P/c1-22(2)10-9-20(23(3,4)15-22)17(11-16-5-7-18(24)8-6-16)13-29-30(28)14-19(25)12-21(26)27/h5-9,11,19,25H,10,12-15H2,1-4H3/p+1. The molecule has 0 radical (unpaired) electrons. The molecule has 2 atom stereocenters. The molecule has 0 fully saturated rings. The van der Waals surface area contributed by atoms with E-state index in [1.807, 2.05) is 6.08 Å². The molecule has 1 aliphatic carbocycles. The van der Waals surface area contributed by atoms with Crippen molar-refractivity contribution in [2.24, 2.45) is 10.8 Å². The van der Waals surface area contributed by atoms with Crippen LogP contribution in [0, 0.1) is 16.6 Å². The first-order valence-corrected chi connectivity index (χ1v) is 11.4. The maximum absolute atomic E-state index is 13.3. The van der Waals surface area contributed by atoms with Crippen LogP contribution in [0.25, 0.3) is 6.08 Å². The highest BCUT2D eigenvalue weighted by atomic mass is 31.1. The van der Waals surface area contributed by atoms with Crippen LogP contribution in [0.2, 0.25) is 0 Å². The largest absolute Gasteiger partial charge is 0.511 e. The van der Waals surface area contributed by atoms with Gasteiger partial charge in [0.25, 0.3) is 0 Å². The maximum Gasteiger partial charge on any atom is 0.511 e. The Hall–Kier alpha value is -1.88. The van der Waals surface area contributed by atoms with Crippen molar-refractivity contribution >= 4 is 20.1 Å². The summed E-state index contributed by atoms with van der Waals surface area (Å²) < 4.78 is 31.1. The lowest BCUT2D eigenvalue weighted by molar-refractivity contribution is -0.138. The molecule has 0 spiro atoms. The van der Waals surface area contributed by atoms with Gasteiger partial charge in [0.05, 0.1) is 6.42 Å². The molecule has 0 saturated carbocycles. The SMILES string of the molecule is CC1(C)CC=C(C(=Cc2ccc(F)cc2)CO[P+](=O)CC(O)CC(=O)O)C(C)(C)C1. The molecule has 2 unspecified atom stereocenters. The van der Waals surface area contributed by atoms with Crippen molar-refractivity contribution in [2.75, 3.05) is 12.8 Å². The highest BCUT2D eigenvalue weighted by Crippen LogP contribution is 2.48. The molecule has 164 valence electrons. The molecule has 7 heteroatoms. The van der Waals surface area contributed by atoms with Gasteiger partial charge in [-0.25, -0.2) is 4.39 Å². The molecular weight excluding hydrogens is 406 g/mol. The topological polar surface area (TPSA) is 83.8 Å². The highest BCUT2D eigenvalue weighted by molar-refractivity contribution is 7.39. The Balaban J connectivity index is 2.24. The van der Waals surface area contributed by atoms with Gasteiger partial charge in [0.15, 0.2) is 0 Å². The van der Waals surface area contributed by atoms with Crippen molar-refractivity contribution in [1.29, 1.82) is 0 Å². The third-order valence-electron chi connectivity index (χ3n) is 5.20. The van der Waals surface area contributed by atoms with Crippen LogP contribution in [0.4, 0.5) is 4.39 Å². The predicted octanol–water partition coefficient (Wildman–Crippen LogP) is 5.58. The van der Waals surface area contributed by atoms with E-state index in [9.17, 15) is 18.9 Å². The molecule has 1 aromatic rings. The number of carboxylic acid groups (broad SMARTS) is 1. The predicted molar refractivity (Wildman–Crippen MR) is 116 cm³/mol. The average Bonchev–Trinajstić information content (AvgIpc) is 2.58. The van der Waals surface area contributed by atoms with E-state index in [1.54, 1.807) is 12.1 Å². The fraction of sp³-hybridized carbons (Fsp3) is 0.522. The summed E-state index contributed by atoms with van der Waals surface area (Å²) in [6.07, 6.45) is 4.03. The highest BCUT2D eigenvalue weighted by Gasteiger charge is 2.37. The normalized spacial score (nSPS) is 19.7. The van der Waals surface area contributed by atoms with E-state index in [-0.39, 0.29) is 29.4 Å². The Labute approximate surface area is 178 Å². The molecule has 0 heterocycles. The second-order valence-corrected chi connectivity index (χ2v) is 10.6. The molecule has 30 heavy (non-hydrogen) atoms. The third-order valence-corrected chi connectivity index (χ3v) is 6.34. The van der Waals surface area contributed by atoms with Crippen LogP contribution in [0.15, 0.2) is 41.5 Å². The number of aliphatic hydroxyl groups is 1. The quantitative estimate of drug-likeness (QED) is 0.493. The lowest BCUT2D eigenvalue weighted by Gasteiger charge is -2.41. The minimum Gasteiger partial charge on any atom is -0.481 e. The Morgan fingerprint density at radius 2 is 1.90 bits per heavy atom. The zero-order valence-corrected chi connectivity index (χ0v) is 18.9. The molecule has 1 aliphatic rings. The van der Waals surface area contributed by atoms with Gasteiger partial charge in [-0.05, 0) is 63.2 Å². The van der Waals surface area contributed by atoms with Gasteiger partial charge in [0, 0.05) is 0 Å². The first-order chi connectivity index (χ1) is 13.9. The summed E-state index contributed by atoms with van der Waals surface area (Å²) in [5.41, 5.74) is 2.78. The van der Waals surface area contributed by atoms with Crippen LogP contribution in [0.1, 0.15) is 52.5 Å². The smallest absolute Gasteiger partial charge is 0.481 e. The minimum absolute atomic E-state index is 0.0576. The second kappa shape index (κ2) is 9.95. The number of hydrogen-bond donors (Lipinski definition) is 2. The van der Waals surface area contributed by atoms with Gasteiger partial charge in [-0.3, -0.25) is 4.79 Å². The van der Waals surface area contributed by atoms with Gasteiger partial charge in [0.1, 0.15) is 18.5 Å². The zero-order valence-electron chi connectivity index (χ0n) is 18.0. The van der Waals surface area contributed by atoms with Crippen molar-refractivity contribution < 1.29 is 28.5 Å². The van der Waals surface area contributed by atoms with Crippen LogP contribution < -0.4 is 0 Å². The van der Waals surface area contributed by atoms with E-state index in [1.165, 1.54) is 12.1 Å². The zero-order chi connectivity index (χ0) is 22.5. The lowest BCUT2D eigenvalue weighted by Crippen LogP contribution is -2.30. The van der Waals surface area contributed by atoms with Crippen LogP contribution in [-0.2, 0) is 13.9 Å². The summed E-state index contributed by atoms with van der Waals surface area (Å²) in [7, 11) is -2.23. The number of carboxylic acids is 1. The first kappa shape index (κ1) is 24.4. The van der Waals surface area contributed by atoms with Gasteiger partial charge in [-0.2, -0.15) is 0 Å². The summed E-state index contributed by atoms with van der Waals surface area (Å²) >= 11 is 0. The Bertz CT molecular complexity index is 840. The number of carbonyl (C=O) groups is 1. The van der Waals surface area contributed by atoms with Crippen molar-refractivity contribution in [1.82, 2.24) is 0 Å². The number of halogens is 1.